The number of halogens is 3. The minimum atomic E-state index is -4.69. The number of carbonyl (C=O) groups is 1. The van der Waals surface area contributed by atoms with Crippen LogP contribution in [0.15, 0.2) is 18.3 Å². The van der Waals surface area contributed by atoms with Gasteiger partial charge in [-0.25, -0.2) is 0 Å². The number of nitrogens with one attached hydrogen (secondary N) is 1. The monoisotopic (exact) mass is 290 g/mol. The fourth-order valence-electron chi connectivity index (χ4n) is 1.83. The number of amides is 1. The Morgan fingerprint density at radius 2 is 2.10 bits per heavy atom. The Balaban J connectivity index is 2.93. The molecular formula is C13H17F3N2O2. The van der Waals surface area contributed by atoms with Gasteiger partial charge in [0, 0.05) is 6.20 Å². The average molecular weight is 290 g/mol. The van der Waals surface area contributed by atoms with Gasteiger partial charge in [0.15, 0.2) is 5.69 Å². The van der Waals surface area contributed by atoms with E-state index in [0.717, 1.165) is 12.3 Å². The predicted octanol–water partition coefficient (Wildman–Crippen LogP) is 2.24. The lowest BCUT2D eigenvalue weighted by Gasteiger charge is -2.19. The minimum absolute atomic E-state index is 0.198. The number of aliphatic hydroxyl groups excluding tert-OH is 1. The van der Waals surface area contributed by atoms with Gasteiger partial charge in [-0.1, -0.05) is 13.8 Å². The van der Waals surface area contributed by atoms with Gasteiger partial charge in [0.1, 0.15) is 0 Å². The highest BCUT2D eigenvalue weighted by molar-refractivity contribution is 5.95. The molecule has 0 aliphatic rings. The molecule has 1 unspecified atom stereocenters. The quantitative estimate of drug-likeness (QED) is 0.874. The predicted molar refractivity (Wildman–Crippen MR) is 67.0 cm³/mol. The van der Waals surface area contributed by atoms with Gasteiger partial charge in [0.05, 0.1) is 18.2 Å². The Bertz CT molecular complexity index is 461. The number of rotatable bonds is 5. The fourth-order valence-corrected chi connectivity index (χ4v) is 1.83. The van der Waals surface area contributed by atoms with Crippen LogP contribution in [0.3, 0.4) is 0 Å². The van der Waals surface area contributed by atoms with E-state index in [1.807, 2.05) is 13.8 Å². The van der Waals surface area contributed by atoms with Crippen molar-refractivity contribution in [2.75, 3.05) is 6.61 Å². The summed E-state index contributed by atoms with van der Waals surface area (Å²) in [6, 6.07) is 1.75. The molecule has 0 aliphatic heterocycles. The van der Waals surface area contributed by atoms with Crippen LogP contribution in [0.1, 0.15) is 36.3 Å². The molecule has 112 valence electrons. The molecule has 0 fully saturated rings. The summed E-state index contributed by atoms with van der Waals surface area (Å²) in [6.07, 6.45) is -3.23. The van der Waals surface area contributed by atoms with Gasteiger partial charge < -0.3 is 10.4 Å². The lowest BCUT2D eigenvalue weighted by Crippen LogP contribution is -2.39. The molecule has 1 heterocycles. The maximum Gasteiger partial charge on any atom is 0.434 e. The van der Waals surface area contributed by atoms with Gasteiger partial charge in [-0.3, -0.25) is 9.78 Å². The van der Waals surface area contributed by atoms with Gasteiger partial charge in [0.25, 0.3) is 5.91 Å². The molecular weight excluding hydrogens is 273 g/mol. The minimum Gasteiger partial charge on any atom is -0.394 e. The topological polar surface area (TPSA) is 62.2 Å². The number of nitrogens with zero attached hydrogens (tertiary/aromatic N) is 1. The van der Waals surface area contributed by atoms with E-state index in [-0.39, 0.29) is 12.5 Å². The summed E-state index contributed by atoms with van der Waals surface area (Å²) < 4.78 is 38.2. The van der Waals surface area contributed by atoms with E-state index < -0.39 is 29.4 Å². The number of hydrogen-bond acceptors (Lipinski definition) is 3. The highest BCUT2D eigenvalue weighted by Crippen LogP contribution is 2.30. The summed E-state index contributed by atoms with van der Waals surface area (Å²) in [5.74, 6) is -0.687. The lowest BCUT2D eigenvalue weighted by atomic mass is 10.0. The van der Waals surface area contributed by atoms with E-state index in [2.05, 4.69) is 10.3 Å². The molecule has 2 N–H and O–H groups in total. The maximum absolute atomic E-state index is 12.7. The lowest BCUT2D eigenvalue weighted by molar-refractivity contribution is -0.141. The van der Waals surface area contributed by atoms with Crippen molar-refractivity contribution in [2.45, 2.75) is 32.5 Å². The first-order valence-corrected chi connectivity index (χ1v) is 6.19. The van der Waals surface area contributed by atoms with Crippen molar-refractivity contribution in [2.24, 2.45) is 5.92 Å². The second kappa shape index (κ2) is 6.69. The Morgan fingerprint density at radius 3 is 2.60 bits per heavy atom. The summed E-state index contributed by atoms with van der Waals surface area (Å²) in [5, 5.41) is 11.5. The summed E-state index contributed by atoms with van der Waals surface area (Å²) in [7, 11) is 0. The van der Waals surface area contributed by atoms with Gasteiger partial charge in [0.2, 0.25) is 0 Å². The zero-order valence-corrected chi connectivity index (χ0v) is 11.2. The largest absolute Gasteiger partial charge is 0.434 e. The third-order valence-electron chi connectivity index (χ3n) is 2.63. The number of aliphatic hydroxyl groups is 1. The number of aromatic nitrogens is 1. The first-order chi connectivity index (χ1) is 9.25. The second-order valence-corrected chi connectivity index (χ2v) is 4.88. The zero-order chi connectivity index (χ0) is 15.3. The standard InChI is InChI=1S/C13H17F3N2O2/c1-8(2)6-9(7-19)18-12(20)10-4-3-5-17-11(10)13(14,15)16/h3-5,8-9,19H,6-7H2,1-2H3,(H,18,20). The van der Waals surface area contributed by atoms with Crippen molar-refractivity contribution in [3.05, 3.63) is 29.6 Å². The van der Waals surface area contributed by atoms with E-state index in [4.69, 9.17) is 5.11 Å². The van der Waals surface area contributed by atoms with Crippen molar-refractivity contribution in [1.29, 1.82) is 0 Å². The number of hydrogen-bond donors (Lipinski definition) is 2. The Morgan fingerprint density at radius 1 is 1.45 bits per heavy atom. The average Bonchev–Trinajstić information content (AvgIpc) is 2.36. The van der Waals surface area contributed by atoms with E-state index in [1.54, 1.807) is 0 Å². The molecule has 0 spiro atoms. The molecule has 0 aromatic carbocycles. The van der Waals surface area contributed by atoms with Crippen LogP contribution in [0.2, 0.25) is 0 Å². The summed E-state index contributed by atoms with van der Waals surface area (Å²) in [6.45, 7) is 3.45. The summed E-state index contributed by atoms with van der Waals surface area (Å²) in [4.78, 5) is 15.1. The van der Waals surface area contributed by atoms with Gasteiger partial charge in [-0.2, -0.15) is 13.2 Å². The highest BCUT2D eigenvalue weighted by Gasteiger charge is 2.37. The van der Waals surface area contributed by atoms with Crippen molar-refractivity contribution >= 4 is 5.91 Å². The molecule has 0 aliphatic carbocycles. The molecule has 0 radical (unpaired) electrons. The van der Waals surface area contributed by atoms with E-state index >= 15 is 0 Å². The molecule has 1 aromatic heterocycles. The molecule has 0 saturated carbocycles. The van der Waals surface area contributed by atoms with Gasteiger partial charge in [-0.15, -0.1) is 0 Å². The SMILES string of the molecule is CC(C)CC(CO)NC(=O)c1cccnc1C(F)(F)F. The number of alkyl halides is 3. The summed E-state index contributed by atoms with van der Waals surface area (Å²) >= 11 is 0. The normalized spacial score (nSPS) is 13.3. The first-order valence-electron chi connectivity index (χ1n) is 6.19. The van der Waals surface area contributed by atoms with Crippen molar-refractivity contribution in [1.82, 2.24) is 10.3 Å². The van der Waals surface area contributed by atoms with Crippen LogP contribution in [0, 0.1) is 5.92 Å². The van der Waals surface area contributed by atoms with Gasteiger partial charge in [-0.05, 0) is 24.5 Å². The Labute approximate surface area is 115 Å². The molecule has 20 heavy (non-hydrogen) atoms. The highest BCUT2D eigenvalue weighted by atomic mass is 19.4. The third-order valence-corrected chi connectivity index (χ3v) is 2.63. The van der Waals surface area contributed by atoms with Crippen LogP contribution in [0.4, 0.5) is 13.2 Å². The molecule has 7 heteroatoms. The van der Waals surface area contributed by atoms with Crippen LogP contribution in [0.25, 0.3) is 0 Å². The molecule has 0 bridgehead atoms. The van der Waals surface area contributed by atoms with Crippen LogP contribution in [-0.4, -0.2) is 28.6 Å². The van der Waals surface area contributed by atoms with E-state index in [1.165, 1.54) is 6.07 Å². The molecule has 1 aromatic rings. The third kappa shape index (κ3) is 4.48. The Kier molecular flexibility index (Phi) is 5.50. The van der Waals surface area contributed by atoms with Gasteiger partial charge >= 0.3 is 6.18 Å². The first kappa shape index (κ1) is 16.4. The molecule has 1 atom stereocenters. The molecule has 0 saturated heterocycles. The van der Waals surface area contributed by atoms with Crippen LogP contribution in [-0.2, 0) is 6.18 Å². The summed E-state index contributed by atoms with van der Waals surface area (Å²) in [5.41, 5.74) is -1.76. The smallest absolute Gasteiger partial charge is 0.394 e. The zero-order valence-electron chi connectivity index (χ0n) is 11.2. The fraction of sp³-hybridized carbons (Fsp3) is 0.538. The number of carbonyl (C=O) groups excluding carboxylic acids is 1. The second-order valence-electron chi connectivity index (χ2n) is 4.88. The molecule has 4 nitrogen and oxygen atoms in total. The Hall–Kier alpha value is -1.63. The van der Waals surface area contributed by atoms with Crippen LogP contribution in [0.5, 0.6) is 0 Å². The number of pyridine rings is 1. The van der Waals surface area contributed by atoms with Crippen LogP contribution >= 0.6 is 0 Å². The molecule has 1 rings (SSSR count). The van der Waals surface area contributed by atoms with Crippen molar-refractivity contribution < 1.29 is 23.1 Å². The maximum atomic E-state index is 12.7. The van der Waals surface area contributed by atoms with Crippen LogP contribution < -0.4 is 5.32 Å². The van der Waals surface area contributed by atoms with Crippen molar-refractivity contribution in [3.8, 4) is 0 Å². The van der Waals surface area contributed by atoms with E-state index in [9.17, 15) is 18.0 Å². The van der Waals surface area contributed by atoms with E-state index in [0.29, 0.717) is 6.42 Å². The van der Waals surface area contributed by atoms with Crippen molar-refractivity contribution in [3.63, 3.8) is 0 Å². The molecule has 1 amide bonds.